The van der Waals surface area contributed by atoms with Gasteiger partial charge in [0.1, 0.15) is 23.4 Å². The average Bonchev–Trinajstić information content (AvgIpc) is 3.48. The first-order valence-corrected chi connectivity index (χ1v) is 9.67. The van der Waals surface area contributed by atoms with Crippen LogP contribution in [0.3, 0.4) is 0 Å². The monoisotopic (exact) mass is 390 g/mol. The molecule has 1 atom stereocenters. The van der Waals surface area contributed by atoms with Gasteiger partial charge in [0.05, 0.1) is 0 Å². The minimum absolute atomic E-state index is 0.125. The summed E-state index contributed by atoms with van der Waals surface area (Å²) in [6.07, 6.45) is 2.78. The van der Waals surface area contributed by atoms with Crippen molar-refractivity contribution in [2.24, 2.45) is 5.73 Å². The van der Waals surface area contributed by atoms with E-state index in [0.717, 1.165) is 30.4 Å². The zero-order valence-electron chi connectivity index (χ0n) is 16.0. The number of hydrogen-bond donors (Lipinski definition) is 2. The summed E-state index contributed by atoms with van der Waals surface area (Å²) in [4.78, 5) is 12.0. The lowest BCUT2D eigenvalue weighted by atomic mass is 10.00. The summed E-state index contributed by atoms with van der Waals surface area (Å²) < 4.78 is 19.0. The van der Waals surface area contributed by atoms with Gasteiger partial charge in [0.2, 0.25) is 5.91 Å². The molecule has 29 heavy (non-hydrogen) atoms. The number of benzene rings is 3. The van der Waals surface area contributed by atoms with E-state index in [0.29, 0.717) is 11.5 Å². The van der Waals surface area contributed by atoms with Crippen LogP contribution in [0.4, 0.5) is 4.39 Å². The van der Waals surface area contributed by atoms with Crippen LogP contribution in [0, 0.1) is 5.82 Å². The summed E-state index contributed by atoms with van der Waals surface area (Å²) in [6.45, 7) is 0. The van der Waals surface area contributed by atoms with Gasteiger partial charge in [-0.25, -0.2) is 4.39 Å². The van der Waals surface area contributed by atoms with Crippen LogP contribution in [-0.2, 0) is 11.2 Å². The highest BCUT2D eigenvalue weighted by Crippen LogP contribution is 2.41. The van der Waals surface area contributed by atoms with Crippen LogP contribution >= 0.6 is 0 Å². The van der Waals surface area contributed by atoms with E-state index in [-0.39, 0.29) is 17.3 Å². The highest BCUT2D eigenvalue weighted by atomic mass is 19.1. The molecule has 1 unspecified atom stereocenters. The van der Waals surface area contributed by atoms with Gasteiger partial charge in [0.15, 0.2) is 0 Å². The van der Waals surface area contributed by atoms with Crippen LogP contribution in [-0.4, -0.2) is 11.4 Å². The molecule has 0 spiro atoms. The number of primary amides is 1. The van der Waals surface area contributed by atoms with Gasteiger partial charge in [-0.2, -0.15) is 0 Å². The molecule has 3 N–H and O–H groups in total. The number of amides is 1. The molecule has 0 aliphatic heterocycles. The smallest absolute Gasteiger partial charge is 0.239 e. The van der Waals surface area contributed by atoms with Crippen LogP contribution in [0.2, 0.25) is 0 Å². The van der Waals surface area contributed by atoms with Gasteiger partial charge >= 0.3 is 0 Å². The molecule has 0 aromatic heterocycles. The molecule has 1 fully saturated rings. The van der Waals surface area contributed by atoms with E-state index in [4.69, 9.17) is 10.5 Å². The number of halogens is 1. The zero-order valence-corrected chi connectivity index (χ0v) is 16.0. The molecule has 148 valence electrons. The molecule has 0 saturated heterocycles. The van der Waals surface area contributed by atoms with E-state index in [2.05, 4.69) is 5.32 Å². The molecule has 0 heterocycles. The molecule has 0 bridgehead atoms. The topological polar surface area (TPSA) is 64.4 Å². The fourth-order valence-corrected chi connectivity index (χ4v) is 3.53. The number of rotatable bonds is 8. The van der Waals surface area contributed by atoms with Crippen molar-refractivity contribution in [2.45, 2.75) is 30.8 Å². The molecule has 4 nitrogen and oxygen atoms in total. The third-order valence-corrected chi connectivity index (χ3v) is 5.22. The number of ether oxygens (including phenoxy) is 1. The van der Waals surface area contributed by atoms with Crippen molar-refractivity contribution in [3.05, 3.63) is 95.8 Å². The van der Waals surface area contributed by atoms with Crippen molar-refractivity contribution >= 4 is 5.91 Å². The van der Waals surface area contributed by atoms with Gasteiger partial charge in [0.25, 0.3) is 0 Å². The molecule has 1 aliphatic carbocycles. The van der Waals surface area contributed by atoms with E-state index in [1.807, 2.05) is 54.6 Å². The maximum atomic E-state index is 13.3. The minimum Gasteiger partial charge on any atom is -0.457 e. The Morgan fingerprint density at radius 1 is 1.00 bits per heavy atom. The standard InChI is InChI=1S/C24H23FN2O2/c25-19-7-4-8-21(15-19)29-20-11-9-17(10-12-20)16-24(13-14-24)27-22(23(26)28)18-5-2-1-3-6-18/h1-12,15,22,27H,13-14,16H2,(H2,26,28). The van der Waals surface area contributed by atoms with E-state index < -0.39 is 6.04 Å². The summed E-state index contributed by atoms with van der Waals surface area (Å²) in [7, 11) is 0. The quantitative estimate of drug-likeness (QED) is 0.595. The Balaban J connectivity index is 1.42. The number of hydrogen-bond acceptors (Lipinski definition) is 3. The van der Waals surface area contributed by atoms with E-state index in [9.17, 15) is 9.18 Å². The Morgan fingerprint density at radius 3 is 2.34 bits per heavy atom. The molecule has 4 rings (SSSR count). The summed E-state index contributed by atoms with van der Waals surface area (Å²) in [5, 5.41) is 3.48. The number of carbonyl (C=O) groups is 1. The second-order valence-electron chi connectivity index (χ2n) is 7.55. The van der Waals surface area contributed by atoms with Crippen molar-refractivity contribution < 1.29 is 13.9 Å². The highest BCUT2D eigenvalue weighted by molar-refractivity contribution is 5.81. The van der Waals surface area contributed by atoms with Gasteiger partial charge < -0.3 is 10.5 Å². The molecule has 5 heteroatoms. The predicted molar refractivity (Wildman–Crippen MR) is 110 cm³/mol. The summed E-state index contributed by atoms with van der Waals surface area (Å²) >= 11 is 0. The van der Waals surface area contributed by atoms with Gasteiger partial charge in [-0.15, -0.1) is 0 Å². The zero-order chi connectivity index (χ0) is 20.3. The van der Waals surface area contributed by atoms with Gasteiger partial charge in [-0.05, 0) is 54.7 Å². The molecule has 0 radical (unpaired) electrons. The fourth-order valence-electron chi connectivity index (χ4n) is 3.53. The molecule has 1 amide bonds. The SMILES string of the molecule is NC(=O)C(NC1(Cc2ccc(Oc3cccc(F)c3)cc2)CC1)c1ccccc1. The van der Waals surface area contributed by atoms with Crippen LogP contribution < -0.4 is 15.8 Å². The molecular formula is C24H23FN2O2. The van der Waals surface area contributed by atoms with Crippen LogP contribution in [0.15, 0.2) is 78.9 Å². The molecule has 1 saturated carbocycles. The lowest BCUT2D eigenvalue weighted by Gasteiger charge is -2.24. The van der Waals surface area contributed by atoms with Gasteiger partial charge in [-0.3, -0.25) is 10.1 Å². The normalized spacial score (nSPS) is 15.5. The maximum Gasteiger partial charge on any atom is 0.239 e. The van der Waals surface area contributed by atoms with Crippen molar-refractivity contribution in [1.29, 1.82) is 0 Å². The van der Waals surface area contributed by atoms with Crippen LogP contribution in [0.1, 0.15) is 30.0 Å². The first kappa shape index (κ1) is 19.2. The Morgan fingerprint density at radius 2 is 1.72 bits per heavy atom. The lowest BCUT2D eigenvalue weighted by molar-refractivity contribution is -0.120. The second kappa shape index (κ2) is 8.05. The van der Waals surface area contributed by atoms with Crippen LogP contribution in [0.25, 0.3) is 0 Å². The Bertz CT molecular complexity index is 985. The minimum atomic E-state index is -0.505. The van der Waals surface area contributed by atoms with Gasteiger partial charge in [0, 0.05) is 11.6 Å². The van der Waals surface area contributed by atoms with Crippen molar-refractivity contribution in [1.82, 2.24) is 5.32 Å². The van der Waals surface area contributed by atoms with Crippen molar-refractivity contribution in [3.63, 3.8) is 0 Å². The number of nitrogens with one attached hydrogen (secondary N) is 1. The first-order chi connectivity index (χ1) is 14.0. The Kier molecular flexibility index (Phi) is 5.32. The fraction of sp³-hybridized carbons (Fsp3) is 0.208. The van der Waals surface area contributed by atoms with Crippen molar-refractivity contribution in [2.75, 3.05) is 0 Å². The summed E-state index contributed by atoms with van der Waals surface area (Å²) in [5.41, 5.74) is 7.55. The van der Waals surface area contributed by atoms with E-state index in [1.165, 1.54) is 12.1 Å². The largest absolute Gasteiger partial charge is 0.457 e. The average molecular weight is 390 g/mol. The summed E-state index contributed by atoms with van der Waals surface area (Å²) in [5.74, 6) is 0.409. The van der Waals surface area contributed by atoms with E-state index >= 15 is 0 Å². The lowest BCUT2D eigenvalue weighted by Crippen LogP contribution is -2.42. The molecular weight excluding hydrogens is 367 g/mol. The third kappa shape index (κ3) is 4.81. The van der Waals surface area contributed by atoms with Crippen LogP contribution in [0.5, 0.6) is 11.5 Å². The maximum absolute atomic E-state index is 13.3. The summed E-state index contributed by atoms with van der Waals surface area (Å²) in [6, 6.07) is 22.9. The van der Waals surface area contributed by atoms with E-state index in [1.54, 1.807) is 12.1 Å². The highest BCUT2D eigenvalue weighted by Gasteiger charge is 2.45. The van der Waals surface area contributed by atoms with Gasteiger partial charge in [-0.1, -0.05) is 48.5 Å². The second-order valence-corrected chi connectivity index (χ2v) is 7.55. The first-order valence-electron chi connectivity index (χ1n) is 9.67. The number of nitrogens with two attached hydrogens (primary N) is 1. The third-order valence-electron chi connectivity index (χ3n) is 5.22. The van der Waals surface area contributed by atoms with Crippen molar-refractivity contribution in [3.8, 4) is 11.5 Å². The predicted octanol–water partition coefficient (Wildman–Crippen LogP) is 4.51. The molecule has 3 aromatic carbocycles. The molecule has 1 aliphatic rings. The number of carbonyl (C=O) groups excluding carboxylic acids is 1. The molecule has 3 aromatic rings. The Labute approximate surface area is 169 Å². The Hall–Kier alpha value is -3.18.